The van der Waals surface area contributed by atoms with Gasteiger partial charge < -0.3 is 14.3 Å². The van der Waals surface area contributed by atoms with Crippen LogP contribution in [0.4, 0.5) is 16.3 Å². The number of hydrogen-bond donors (Lipinski definition) is 1. The van der Waals surface area contributed by atoms with Crippen molar-refractivity contribution >= 4 is 23.3 Å². The molecule has 0 unspecified atom stereocenters. The SMILES string of the molecule is CC(=O)c1ccc(N2CCN(C(=O)Nc3cc(C)on3)CC2)cc1. The van der Waals surface area contributed by atoms with Crippen LogP contribution in [0.25, 0.3) is 0 Å². The van der Waals surface area contributed by atoms with Crippen molar-refractivity contribution < 1.29 is 14.1 Å². The van der Waals surface area contributed by atoms with E-state index in [9.17, 15) is 9.59 Å². The highest BCUT2D eigenvalue weighted by Crippen LogP contribution is 2.18. The van der Waals surface area contributed by atoms with E-state index in [2.05, 4.69) is 15.4 Å². The van der Waals surface area contributed by atoms with Gasteiger partial charge in [0.2, 0.25) is 0 Å². The molecule has 1 saturated heterocycles. The number of carbonyl (C=O) groups is 2. The number of urea groups is 1. The first kappa shape index (κ1) is 16.0. The largest absolute Gasteiger partial charge is 0.368 e. The lowest BCUT2D eigenvalue weighted by Crippen LogP contribution is -2.50. The topological polar surface area (TPSA) is 78.7 Å². The molecule has 0 saturated carbocycles. The summed E-state index contributed by atoms with van der Waals surface area (Å²) in [5, 5.41) is 6.50. The smallest absolute Gasteiger partial charge is 0.323 e. The van der Waals surface area contributed by atoms with Crippen molar-refractivity contribution in [1.82, 2.24) is 10.1 Å². The number of aromatic nitrogens is 1. The summed E-state index contributed by atoms with van der Waals surface area (Å²) >= 11 is 0. The minimum absolute atomic E-state index is 0.0612. The van der Waals surface area contributed by atoms with E-state index in [1.165, 1.54) is 0 Å². The Kier molecular flexibility index (Phi) is 4.50. The highest BCUT2D eigenvalue weighted by atomic mass is 16.5. The molecule has 24 heavy (non-hydrogen) atoms. The van der Waals surface area contributed by atoms with Crippen molar-refractivity contribution in [3.05, 3.63) is 41.7 Å². The molecule has 1 aromatic carbocycles. The molecular weight excluding hydrogens is 308 g/mol. The summed E-state index contributed by atoms with van der Waals surface area (Å²) in [7, 11) is 0. The molecule has 3 rings (SSSR count). The Morgan fingerprint density at radius 3 is 2.33 bits per heavy atom. The van der Waals surface area contributed by atoms with Crippen LogP contribution in [0.15, 0.2) is 34.9 Å². The third kappa shape index (κ3) is 3.56. The van der Waals surface area contributed by atoms with Gasteiger partial charge in [0.05, 0.1) is 0 Å². The standard InChI is InChI=1S/C17H20N4O3/c1-12-11-16(19-24-12)18-17(23)21-9-7-20(8-10-21)15-5-3-14(4-6-15)13(2)22/h3-6,11H,7-10H2,1-2H3,(H,18,19,23). The molecule has 2 amide bonds. The Morgan fingerprint density at radius 1 is 1.12 bits per heavy atom. The maximum absolute atomic E-state index is 12.2. The van der Waals surface area contributed by atoms with E-state index < -0.39 is 0 Å². The normalized spacial score (nSPS) is 14.6. The zero-order valence-corrected chi connectivity index (χ0v) is 13.8. The van der Waals surface area contributed by atoms with Gasteiger partial charge in [-0.2, -0.15) is 0 Å². The first-order valence-corrected chi connectivity index (χ1v) is 7.88. The predicted octanol–water partition coefficient (Wildman–Crippen LogP) is 2.54. The van der Waals surface area contributed by atoms with E-state index in [0.717, 1.165) is 18.8 Å². The Hall–Kier alpha value is -2.83. The second-order valence-electron chi connectivity index (χ2n) is 5.83. The van der Waals surface area contributed by atoms with Crippen molar-refractivity contribution in [3.8, 4) is 0 Å². The summed E-state index contributed by atoms with van der Waals surface area (Å²) < 4.78 is 4.94. The molecule has 0 radical (unpaired) electrons. The number of nitrogens with zero attached hydrogens (tertiary/aromatic N) is 3. The van der Waals surface area contributed by atoms with Gasteiger partial charge in [-0.25, -0.2) is 4.79 Å². The van der Waals surface area contributed by atoms with E-state index in [4.69, 9.17) is 4.52 Å². The Morgan fingerprint density at radius 2 is 1.79 bits per heavy atom. The minimum Gasteiger partial charge on any atom is -0.368 e. The van der Waals surface area contributed by atoms with Gasteiger partial charge in [-0.3, -0.25) is 10.1 Å². The molecule has 1 aromatic heterocycles. The molecule has 2 heterocycles. The third-order valence-corrected chi connectivity index (χ3v) is 4.07. The number of ketones is 1. The molecule has 0 atom stereocenters. The number of aryl methyl sites for hydroxylation is 1. The summed E-state index contributed by atoms with van der Waals surface area (Å²) in [4.78, 5) is 27.5. The van der Waals surface area contributed by atoms with Crippen molar-refractivity contribution in [2.45, 2.75) is 13.8 Å². The van der Waals surface area contributed by atoms with E-state index in [1.54, 1.807) is 24.8 Å². The Labute approximate surface area is 140 Å². The van der Waals surface area contributed by atoms with Crippen molar-refractivity contribution in [2.75, 3.05) is 36.4 Å². The van der Waals surface area contributed by atoms with Crippen LogP contribution >= 0.6 is 0 Å². The summed E-state index contributed by atoms with van der Waals surface area (Å²) in [6.45, 7) is 6.06. The predicted molar refractivity (Wildman–Crippen MR) is 90.5 cm³/mol. The minimum atomic E-state index is -0.171. The fourth-order valence-corrected chi connectivity index (χ4v) is 2.69. The molecule has 0 bridgehead atoms. The Balaban J connectivity index is 1.55. The van der Waals surface area contributed by atoms with Gasteiger partial charge in [-0.1, -0.05) is 5.16 Å². The maximum atomic E-state index is 12.2. The number of amides is 2. The van der Waals surface area contributed by atoms with E-state index in [-0.39, 0.29) is 11.8 Å². The van der Waals surface area contributed by atoms with Crippen molar-refractivity contribution in [2.24, 2.45) is 0 Å². The molecule has 126 valence electrons. The molecule has 7 heteroatoms. The number of rotatable bonds is 3. The number of piperazine rings is 1. The number of nitrogens with one attached hydrogen (secondary N) is 1. The van der Waals surface area contributed by atoms with Crippen LogP contribution in [0.1, 0.15) is 23.0 Å². The average molecular weight is 328 g/mol. The van der Waals surface area contributed by atoms with Crippen LogP contribution in [0.5, 0.6) is 0 Å². The number of anilines is 2. The molecule has 0 aliphatic carbocycles. The van der Waals surface area contributed by atoms with Crippen molar-refractivity contribution in [3.63, 3.8) is 0 Å². The molecular formula is C17H20N4O3. The molecule has 1 aliphatic rings. The molecule has 7 nitrogen and oxygen atoms in total. The Bertz CT molecular complexity index is 731. The lowest BCUT2D eigenvalue weighted by atomic mass is 10.1. The van der Waals surface area contributed by atoms with Crippen LogP contribution in [-0.2, 0) is 0 Å². The highest BCUT2D eigenvalue weighted by Gasteiger charge is 2.22. The molecule has 1 fully saturated rings. The van der Waals surface area contributed by atoms with Crippen LogP contribution < -0.4 is 10.2 Å². The van der Waals surface area contributed by atoms with Gasteiger partial charge in [0.1, 0.15) is 5.76 Å². The summed E-state index contributed by atoms with van der Waals surface area (Å²) in [5.41, 5.74) is 1.77. The van der Waals surface area contributed by atoms with E-state index >= 15 is 0 Å². The maximum Gasteiger partial charge on any atom is 0.323 e. The highest BCUT2D eigenvalue weighted by molar-refractivity contribution is 5.94. The first-order chi connectivity index (χ1) is 11.5. The van der Waals surface area contributed by atoms with Crippen molar-refractivity contribution in [1.29, 1.82) is 0 Å². The number of benzene rings is 1. The second-order valence-corrected chi connectivity index (χ2v) is 5.83. The molecule has 1 N–H and O–H groups in total. The zero-order valence-electron chi connectivity index (χ0n) is 13.8. The van der Waals surface area contributed by atoms with Crippen LogP contribution in [0.3, 0.4) is 0 Å². The third-order valence-electron chi connectivity index (χ3n) is 4.07. The van der Waals surface area contributed by atoms with Crippen LogP contribution in [0, 0.1) is 6.92 Å². The van der Waals surface area contributed by atoms with E-state index in [1.807, 2.05) is 24.3 Å². The summed E-state index contributed by atoms with van der Waals surface area (Å²) in [6, 6.07) is 9.09. The second kappa shape index (κ2) is 6.74. The first-order valence-electron chi connectivity index (χ1n) is 7.88. The van der Waals surface area contributed by atoms with Crippen LogP contribution in [-0.4, -0.2) is 48.0 Å². The van der Waals surface area contributed by atoms with Gasteiger partial charge in [0, 0.05) is 43.5 Å². The van der Waals surface area contributed by atoms with Gasteiger partial charge in [-0.05, 0) is 38.1 Å². The monoisotopic (exact) mass is 328 g/mol. The van der Waals surface area contributed by atoms with E-state index in [0.29, 0.717) is 30.2 Å². The number of hydrogen-bond acceptors (Lipinski definition) is 5. The van der Waals surface area contributed by atoms with Gasteiger partial charge in [-0.15, -0.1) is 0 Å². The van der Waals surface area contributed by atoms with Gasteiger partial charge in [0.15, 0.2) is 11.6 Å². The zero-order chi connectivity index (χ0) is 17.1. The lowest BCUT2D eigenvalue weighted by molar-refractivity contribution is 0.101. The van der Waals surface area contributed by atoms with Gasteiger partial charge in [0.25, 0.3) is 0 Å². The quantitative estimate of drug-likeness (QED) is 0.876. The molecule has 2 aromatic rings. The molecule has 0 spiro atoms. The average Bonchev–Trinajstić information content (AvgIpc) is 3.00. The fourth-order valence-electron chi connectivity index (χ4n) is 2.69. The summed E-state index contributed by atoms with van der Waals surface area (Å²) in [6.07, 6.45) is 0. The number of carbonyl (C=O) groups excluding carboxylic acids is 2. The van der Waals surface area contributed by atoms with Crippen LogP contribution in [0.2, 0.25) is 0 Å². The van der Waals surface area contributed by atoms with Gasteiger partial charge >= 0.3 is 6.03 Å². The number of Topliss-reactive ketones (excluding diaryl/α,β-unsaturated/α-hetero) is 1. The fraction of sp³-hybridized carbons (Fsp3) is 0.353. The molecule has 1 aliphatic heterocycles. The summed E-state index contributed by atoms with van der Waals surface area (Å²) in [5.74, 6) is 1.15. The lowest BCUT2D eigenvalue weighted by Gasteiger charge is -2.35.